The van der Waals surface area contributed by atoms with Crippen LogP contribution >= 0.6 is 0 Å². The molecule has 0 N–H and O–H groups in total. The Morgan fingerprint density at radius 3 is 2.39 bits per heavy atom. The zero-order valence-corrected chi connectivity index (χ0v) is 13.7. The molecule has 126 valence electrons. The SMILES string of the molecule is Cc1ccc(C(=O)OOOC(=O)OC2CCC(C)CC2)c(C)c1. The third-order valence-electron chi connectivity index (χ3n) is 4.04. The number of aryl methyl sites for hydroxylation is 2. The summed E-state index contributed by atoms with van der Waals surface area (Å²) in [6.45, 7) is 5.87. The van der Waals surface area contributed by atoms with Crippen molar-refractivity contribution in [1.29, 1.82) is 0 Å². The van der Waals surface area contributed by atoms with Crippen molar-refractivity contribution in [1.82, 2.24) is 0 Å². The van der Waals surface area contributed by atoms with Gasteiger partial charge in [-0.05, 0) is 57.1 Å². The first-order valence-electron chi connectivity index (χ1n) is 7.79. The predicted molar refractivity (Wildman–Crippen MR) is 81.4 cm³/mol. The second-order valence-corrected chi connectivity index (χ2v) is 6.09. The van der Waals surface area contributed by atoms with Crippen molar-refractivity contribution in [2.45, 2.75) is 52.6 Å². The van der Waals surface area contributed by atoms with Crippen molar-refractivity contribution in [3.05, 3.63) is 34.9 Å². The highest BCUT2D eigenvalue weighted by atomic mass is 17.5. The van der Waals surface area contributed by atoms with Crippen LogP contribution in [0.3, 0.4) is 0 Å². The molecule has 23 heavy (non-hydrogen) atoms. The molecule has 0 aliphatic heterocycles. The maximum atomic E-state index is 11.8. The van der Waals surface area contributed by atoms with E-state index in [1.54, 1.807) is 19.1 Å². The van der Waals surface area contributed by atoms with Crippen LogP contribution in [0.15, 0.2) is 18.2 Å². The van der Waals surface area contributed by atoms with Gasteiger partial charge in [-0.25, -0.2) is 14.5 Å². The molecule has 1 aliphatic carbocycles. The first-order chi connectivity index (χ1) is 11.0. The van der Waals surface area contributed by atoms with Gasteiger partial charge in [0.1, 0.15) is 6.10 Å². The Morgan fingerprint density at radius 2 is 1.74 bits per heavy atom. The number of ether oxygens (including phenoxy) is 1. The minimum absolute atomic E-state index is 0.169. The fourth-order valence-electron chi connectivity index (χ4n) is 2.67. The van der Waals surface area contributed by atoms with Crippen LogP contribution in [0.25, 0.3) is 0 Å². The van der Waals surface area contributed by atoms with Gasteiger partial charge in [0.25, 0.3) is 0 Å². The molecule has 6 heteroatoms. The first-order valence-corrected chi connectivity index (χ1v) is 7.79. The molecule has 0 spiro atoms. The summed E-state index contributed by atoms with van der Waals surface area (Å²) in [6, 6.07) is 5.25. The van der Waals surface area contributed by atoms with Gasteiger partial charge in [-0.3, -0.25) is 4.89 Å². The maximum Gasteiger partial charge on any atom is 0.543 e. The van der Waals surface area contributed by atoms with Crippen LogP contribution < -0.4 is 0 Å². The number of benzene rings is 1. The molecule has 0 amide bonds. The quantitative estimate of drug-likeness (QED) is 0.473. The Kier molecular flexibility index (Phi) is 5.98. The summed E-state index contributed by atoms with van der Waals surface area (Å²) in [5, 5.41) is 4.24. The summed E-state index contributed by atoms with van der Waals surface area (Å²) in [5.41, 5.74) is 2.12. The summed E-state index contributed by atoms with van der Waals surface area (Å²) in [6.07, 6.45) is 2.47. The lowest BCUT2D eigenvalue weighted by Crippen LogP contribution is -2.24. The van der Waals surface area contributed by atoms with Gasteiger partial charge in [0.05, 0.1) is 10.6 Å². The predicted octanol–water partition coefficient (Wildman–Crippen LogP) is 4.04. The average molecular weight is 322 g/mol. The molecule has 1 aromatic carbocycles. The molecule has 1 aliphatic rings. The molecule has 0 unspecified atom stereocenters. The van der Waals surface area contributed by atoms with Crippen LogP contribution in [0.2, 0.25) is 0 Å². The van der Waals surface area contributed by atoms with E-state index in [9.17, 15) is 9.59 Å². The second-order valence-electron chi connectivity index (χ2n) is 6.09. The van der Waals surface area contributed by atoms with E-state index in [1.165, 1.54) is 0 Å². The normalized spacial score (nSPS) is 20.7. The molecule has 0 saturated heterocycles. The summed E-state index contributed by atoms with van der Waals surface area (Å²) < 4.78 is 5.09. The monoisotopic (exact) mass is 322 g/mol. The fourth-order valence-corrected chi connectivity index (χ4v) is 2.67. The molecule has 1 aromatic rings. The lowest BCUT2D eigenvalue weighted by Gasteiger charge is -2.24. The minimum atomic E-state index is -1.00. The van der Waals surface area contributed by atoms with Crippen LogP contribution in [0, 0.1) is 19.8 Å². The average Bonchev–Trinajstić information content (AvgIpc) is 2.49. The van der Waals surface area contributed by atoms with Crippen molar-refractivity contribution >= 4 is 12.1 Å². The molecule has 0 heterocycles. The molecule has 0 aromatic heterocycles. The molecular weight excluding hydrogens is 300 g/mol. The van der Waals surface area contributed by atoms with E-state index < -0.39 is 12.1 Å². The Hall–Kier alpha value is -2.08. The van der Waals surface area contributed by atoms with Gasteiger partial charge in [-0.15, -0.1) is 0 Å². The largest absolute Gasteiger partial charge is 0.543 e. The molecule has 6 nitrogen and oxygen atoms in total. The summed E-state index contributed by atoms with van der Waals surface area (Å²) >= 11 is 0. The highest BCUT2D eigenvalue weighted by molar-refractivity contribution is 5.90. The van der Waals surface area contributed by atoms with Crippen molar-refractivity contribution in [3.8, 4) is 0 Å². The number of rotatable bonds is 4. The zero-order valence-electron chi connectivity index (χ0n) is 13.7. The van der Waals surface area contributed by atoms with Gasteiger partial charge in [-0.2, -0.15) is 0 Å². The van der Waals surface area contributed by atoms with Gasteiger partial charge in [0, 0.05) is 0 Å². The van der Waals surface area contributed by atoms with Crippen LogP contribution in [0.5, 0.6) is 0 Å². The zero-order chi connectivity index (χ0) is 16.8. The second kappa shape index (κ2) is 7.97. The van der Waals surface area contributed by atoms with Gasteiger partial charge >= 0.3 is 12.1 Å². The van der Waals surface area contributed by atoms with Crippen LogP contribution in [0.4, 0.5) is 4.79 Å². The molecule has 1 saturated carbocycles. The van der Waals surface area contributed by atoms with Crippen molar-refractivity contribution in [2.75, 3.05) is 0 Å². The highest BCUT2D eigenvalue weighted by Gasteiger charge is 2.23. The summed E-state index contributed by atoms with van der Waals surface area (Å²) in [7, 11) is 0. The molecule has 1 fully saturated rings. The topological polar surface area (TPSA) is 71.1 Å². The third kappa shape index (κ3) is 5.25. The smallest absolute Gasteiger partial charge is 0.429 e. The van der Waals surface area contributed by atoms with E-state index in [0.717, 1.165) is 36.8 Å². The standard InChI is InChI=1S/C17H22O6/c1-11-4-7-14(8-5-11)20-17(19)22-23-21-16(18)15-9-6-12(2)10-13(15)3/h6,9-11,14H,4-5,7-8H2,1-3H3. The van der Waals surface area contributed by atoms with Gasteiger partial charge in [0.2, 0.25) is 0 Å². The van der Waals surface area contributed by atoms with Crippen LogP contribution in [0.1, 0.15) is 54.1 Å². The van der Waals surface area contributed by atoms with Crippen molar-refractivity contribution < 1.29 is 29.1 Å². The summed E-state index contributed by atoms with van der Waals surface area (Å²) in [5.74, 6) is -0.0809. The Balaban J connectivity index is 1.71. The van der Waals surface area contributed by atoms with E-state index in [1.807, 2.05) is 13.0 Å². The fraction of sp³-hybridized carbons (Fsp3) is 0.529. The number of carbonyl (C=O) groups excluding carboxylic acids is 2. The Labute approximate surface area is 135 Å². The number of carbonyl (C=O) groups is 2. The molecule has 0 bridgehead atoms. The van der Waals surface area contributed by atoms with E-state index >= 15 is 0 Å². The lowest BCUT2D eigenvalue weighted by molar-refractivity contribution is -0.453. The Morgan fingerprint density at radius 1 is 1.04 bits per heavy atom. The molecule has 2 rings (SSSR count). The molecule has 0 atom stereocenters. The van der Waals surface area contributed by atoms with Crippen molar-refractivity contribution in [3.63, 3.8) is 0 Å². The first kappa shape index (κ1) is 17.3. The molecule has 0 radical (unpaired) electrons. The minimum Gasteiger partial charge on any atom is -0.429 e. The van der Waals surface area contributed by atoms with E-state index in [2.05, 4.69) is 21.7 Å². The van der Waals surface area contributed by atoms with Crippen LogP contribution in [-0.4, -0.2) is 18.2 Å². The van der Waals surface area contributed by atoms with E-state index in [-0.39, 0.29) is 6.10 Å². The number of hydrogen-bond acceptors (Lipinski definition) is 6. The van der Waals surface area contributed by atoms with Gasteiger partial charge < -0.3 is 4.74 Å². The van der Waals surface area contributed by atoms with Crippen LogP contribution in [-0.2, 0) is 19.6 Å². The van der Waals surface area contributed by atoms with Gasteiger partial charge in [-0.1, -0.05) is 24.6 Å². The highest BCUT2D eigenvalue weighted by Crippen LogP contribution is 2.25. The van der Waals surface area contributed by atoms with E-state index in [0.29, 0.717) is 11.5 Å². The Bertz CT molecular complexity index is 560. The summed E-state index contributed by atoms with van der Waals surface area (Å²) in [4.78, 5) is 32.1. The van der Waals surface area contributed by atoms with Crippen molar-refractivity contribution in [2.24, 2.45) is 5.92 Å². The maximum absolute atomic E-state index is 11.8. The van der Waals surface area contributed by atoms with E-state index in [4.69, 9.17) is 4.74 Å². The van der Waals surface area contributed by atoms with Gasteiger partial charge in [0.15, 0.2) is 0 Å². The molecular formula is C17H22O6. The number of hydrogen-bond donors (Lipinski definition) is 0. The third-order valence-corrected chi connectivity index (χ3v) is 4.04. The lowest BCUT2D eigenvalue weighted by atomic mass is 9.89.